The van der Waals surface area contributed by atoms with Crippen LogP contribution >= 0.6 is 24.0 Å². The molecule has 0 radical (unpaired) electrons. The predicted octanol–water partition coefficient (Wildman–Crippen LogP) is 3.45. The molecule has 8 heteroatoms. The molecular formula is C23H31IN6O. The minimum atomic E-state index is 0. The highest BCUT2D eigenvalue weighted by Gasteiger charge is 2.19. The summed E-state index contributed by atoms with van der Waals surface area (Å²) in [6, 6.07) is 16.6. The molecular weight excluding hydrogens is 503 g/mol. The number of hydrogen-bond donors (Lipinski definition) is 1. The maximum Gasteiger partial charge on any atom is 0.193 e. The first-order chi connectivity index (χ1) is 14.8. The molecule has 2 heterocycles. The van der Waals surface area contributed by atoms with Gasteiger partial charge in [0.15, 0.2) is 5.96 Å². The molecule has 166 valence electrons. The van der Waals surface area contributed by atoms with E-state index in [4.69, 9.17) is 4.74 Å². The largest absolute Gasteiger partial charge is 0.497 e. The van der Waals surface area contributed by atoms with Crippen molar-refractivity contribution in [2.45, 2.75) is 13.0 Å². The van der Waals surface area contributed by atoms with Crippen molar-refractivity contribution in [3.05, 3.63) is 54.9 Å². The minimum absolute atomic E-state index is 0. The number of aliphatic imine (C=N–C) groups is 1. The van der Waals surface area contributed by atoms with Crippen molar-refractivity contribution in [1.29, 1.82) is 0 Å². The zero-order valence-corrected chi connectivity index (χ0v) is 20.5. The maximum absolute atomic E-state index is 5.26. The monoisotopic (exact) mass is 534 g/mol. The number of imidazole rings is 1. The van der Waals surface area contributed by atoms with Gasteiger partial charge in [0, 0.05) is 52.0 Å². The fourth-order valence-electron chi connectivity index (χ4n) is 3.94. The Hall–Kier alpha value is -2.49. The summed E-state index contributed by atoms with van der Waals surface area (Å²) in [5.74, 6) is 1.88. The van der Waals surface area contributed by atoms with Crippen LogP contribution < -0.4 is 15.0 Å². The zero-order valence-electron chi connectivity index (χ0n) is 18.2. The molecule has 0 bridgehead atoms. The van der Waals surface area contributed by atoms with E-state index in [1.165, 1.54) is 11.2 Å². The van der Waals surface area contributed by atoms with E-state index in [1.807, 2.05) is 31.6 Å². The lowest BCUT2D eigenvalue weighted by Gasteiger charge is -2.37. The number of piperazine rings is 1. The van der Waals surface area contributed by atoms with Crippen LogP contribution in [-0.4, -0.2) is 67.3 Å². The molecule has 0 aliphatic carbocycles. The van der Waals surface area contributed by atoms with Gasteiger partial charge >= 0.3 is 0 Å². The highest BCUT2D eigenvalue weighted by atomic mass is 127. The van der Waals surface area contributed by atoms with Crippen molar-refractivity contribution >= 4 is 46.7 Å². The molecule has 0 spiro atoms. The lowest BCUT2D eigenvalue weighted by molar-refractivity contribution is 0.372. The standard InChI is InChI=1S/C23H30N6O.HI/c1-24-23(25-12-5-13-29-18-26-21-6-3-4-7-22(21)29)28-16-14-27(15-17-28)19-8-10-20(30-2)11-9-19;/h3-4,6-11,18H,5,12-17H2,1-2H3,(H,24,25);1H. The number of benzene rings is 2. The first-order valence-corrected chi connectivity index (χ1v) is 10.5. The number of ether oxygens (including phenoxy) is 1. The van der Waals surface area contributed by atoms with E-state index in [-0.39, 0.29) is 24.0 Å². The van der Waals surface area contributed by atoms with Crippen LogP contribution in [0, 0.1) is 0 Å². The van der Waals surface area contributed by atoms with Gasteiger partial charge in [-0.25, -0.2) is 4.98 Å². The van der Waals surface area contributed by atoms with Crippen LogP contribution in [0.4, 0.5) is 5.69 Å². The van der Waals surface area contributed by atoms with Gasteiger partial charge < -0.3 is 24.4 Å². The summed E-state index contributed by atoms with van der Waals surface area (Å²) in [5.41, 5.74) is 3.48. The lowest BCUT2D eigenvalue weighted by atomic mass is 10.2. The van der Waals surface area contributed by atoms with E-state index in [1.54, 1.807) is 7.11 Å². The summed E-state index contributed by atoms with van der Waals surface area (Å²) >= 11 is 0. The van der Waals surface area contributed by atoms with Crippen LogP contribution in [0.25, 0.3) is 11.0 Å². The maximum atomic E-state index is 5.26. The molecule has 2 aromatic carbocycles. The molecule has 1 aliphatic heterocycles. The van der Waals surface area contributed by atoms with Crippen molar-refractivity contribution in [2.24, 2.45) is 4.99 Å². The third-order valence-corrected chi connectivity index (χ3v) is 5.61. The second kappa shape index (κ2) is 11.2. The van der Waals surface area contributed by atoms with Gasteiger partial charge in [0.1, 0.15) is 5.75 Å². The van der Waals surface area contributed by atoms with Crippen LogP contribution in [0.3, 0.4) is 0 Å². The third-order valence-electron chi connectivity index (χ3n) is 5.61. The summed E-state index contributed by atoms with van der Waals surface area (Å²) in [5, 5.41) is 3.53. The third kappa shape index (κ3) is 5.61. The number of nitrogens with one attached hydrogen (secondary N) is 1. The highest BCUT2D eigenvalue weighted by molar-refractivity contribution is 14.0. The van der Waals surface area contributed by atoms with Crippen LogP contribution in [0.15, 0.2) is 59.9 Å². The molecule has 3 aromatic rings. The van der Waals surface area contributed by atoms with Crippen molar-refractivity contribution in [3.8, 4) is 5.75 Å². The SMILES string of the molecule is CN=C(NCCCn1cnc2ccccc21)N1CCN(c2ccc(OC)cc2)CC1.I. The van der Waals surface area contributed by atoms with Gasteiger partial charge in [-0.2, -0.15) is 0 Å². The summed E-state index contributed by atoms with van der Waals surface area (Å²) in [4.78, 5) is 13.7. The molecule has 0 amide bonds. The molecule has 31 heavy (non-hydrogen) atoms. The van der Waals surface area contributed by atoms with Crippen LogP contribution in [-0.2, 0) is 6.54 Å². The average molecular weight is 534 g/mol. The van der Waals surface area contributed by atoms with E-state index >= 15 is 0 Å². The number of aryl methyl sites for hydroxylation is 1. The Morgan fingerprint density at radius 1 is 1.06 bits per heavy atom. The Balaban J connectivity index is 0.00000272. The number of anilines is 1. The highest BCUT2D eigenvalue weighted by Crippen LogP contribution is 2.20. The summed E-state index contributed by atoms with van der Waals surface area (Å²) in [7, 11) is 3.56. The number of hydrogen-bond acceptors (Lipinski definition) is 4. The molecule has 1 fully saturated rings. The molecule has 1 aromatic heterocycles. The lowest BCUT2D eigenvalue weighted by Crippen LogP contribution is -2.52. The second-order valence-corrected chi connectivity index (χ2v) is 7.43. The molecule has 0 unspecified atom stereocenters. The Bertz CT molecular complexity index is 979. The minimum Gasteiger partial charge on any atom is -0.497 e. The summed E-state index contributed by atoms with van der Waals surface area (Å²) < 4.78 is 7.47. The van der Waals surface area contributed by atoms with Gasteiger partial charge in [-0.05, 0) is 42.8 Å². The Labute approximate surface area is 201 Å². The van der Waals surface area contributed by atoms with Crippen molar-refractivity contribution in [3.63, 3.8) is 0 Å². The Kier molecular flexibility index (Phi) is 8.39. The number of aromatic nitrogens is 2. The molecule has 0 atom stereocenters. The smallest absolute Gasteiger partial charge is 0.193 e. The van der Waals surface area contributed by atoms with Gasteiger partial charge in [-0.1, -0.05) is 12.1 Å². The van der Waals surface area contributed by atoms with E-state index in [0.717, 1.165) is 62.9 Å². The van der Waals surface area contributed by atoms with Crippen LogP contribution in [0.5, 0.6) is 5.75 Å². The number of nitrogens with zero attached hydrogens (tertiary/aromatic N) is 5. The predicted molar refractivity (Wildman–Crippen MR) is 138 cm³/mol. The van der Waals surface area contributed by atoms with E-state index in [0.29, 0.717) is 0 Å². The van der Waals surface area contributed by atoms with E-state index < -0.39 is 0 Å². The van der Waals surface area contributed by atoms with Crippen molar-refractivity contribution in [2.75, 3.05) is 51.8 Å². The number of rotatable bonds is 6. The van der Waals surface area contributed by atoms with Gasteiger partial charge in [-0.15, -0.1) is 24.0 Å². The molecule has 1 aliphatic rings. The second-order valence-electron chi connectivity index (χ2n) is 7.43. The molecule has 1 N–H and O–H groups in total. The molecule has 7 nitrogen and oxygen atoms in total. The Morgan fingerprint density at radius 2 is 1.81 bits per heavy atom. The zero-order chi connectivity index (χ0) is 20.8. The van der Waals surface area contributed by atoms with Gasteiger partial charge in [0.05, 0.1) is 24.5 Å². The van der Waals surface area contributed by atoms with Crippen molar-refractivity contribution < 1.29 is 4.74 Å². The van der Waals surface area contributed by atoms with E-state index in [9.17, 15) is 0 Å². The summed E-state index contributed by atoms with van der Waals surface area (Å²) in [6.07, 6.45) is 2.95. The number of fused-ring (bicyclic) bond motifs is 1. The number of methoxy groups -OCH3 is 1. The summed E-state index contributed by atoms with van der Waals surface area (Å²) in [6.45, 7) is 5.70. The fourth-order valence-corrected chi connectivity index (χ4v) is 3.94. The first-order valence-electron chi connectivity index (χ1n) is 10.5. The topological polar surface area (TPSA) is 57.9 Å². The van der Waals surface area contributed by atoms with Gasteiger partial charge in [-0.3, -0.25) is 4.99 Å². The number of para-hydroxylation sites is 2. The van der Waals surface area contributed by atoms with Crippen LogP contribution in [0.1, 0.15) is 6.42 Å². The normalized spacial score (nSPS) is 14.5. The molecule has 4 rings (SSSR count). The van der Waals surface area contributed by atoms with E-state index in [2.05, 4.69) is 60.0 Å². The number of guanidine groups is 1. The number of halogens is 1. The quantitative estimate of drug-likeness (QED) is 0.227. The fraction of sp³-hybridized carbons (Fsp3) is 0.391. The molecule has 0 saturated carbocycles. The van der Waals surface area contributed by atoms with Gasteiger partial charge in [0.2, 0.25) is 0 Å². The molecule has 1 saturated heterocycles. The first kappa shape index (κ1) is 23.2. The van der Waals surface area contributed by atoms with Gasteiger partial charge in [0.25, 0.3) is 0 Å². The van der Waals surface area contributed by atoms with Crippen LogP contribution in [0.2, 0.25) is 0 Å². The Morgan fingerprint density at radius 3 is 2.52 bits per heavy atom. The van der Waals surface area contributed by atoms with Crippen molar-refractivity contribution in [1.82, 2.24) is 19.8 Å². The average Bonchev–Trinajstić information content (AvgIpc) is 3.22.